The highest BCUT2D eigenvalue weighted by Gasteiger charge is 2.42. The third-order valence-corrected chi connectivity index (χ3v) is 6.62. The van der Waals surface area contributed by atoms with Gasteiger partial charge in [-0.05, 0) is 31.2 Å². The van der Waals surface area contributed by atoms with Crippen LogP contribution in [-0.4, -0.2) is 20.5 Å². The molecule has 106 valence electrons. The first-order valence-electron chi connectivity index (χ1n) is 7.37. The van der Waals surface area contributed by atoms with E-state index in [1.807, 2.05) is 42.5 Å². The highest BCUT2D eigenvalue weighted by molar-refractivity contribution is 7.86. The molecule has 2 atom stereocenters. The quantitative estimate of drug-likeness (QED) is 0.851. The molecule has 3 heteroatoms. The monoisotopic (exact) mass is 288 g/mol. The summed E-state index contributed by atoms with van der Waals surface area (Å²) in [6.07, 6.45) is 8.29. The van der Waals surface area contributed by atoms with Gasteiger partial charge >= 0.3 is 0 Å². The predicted molar refractivity (Wildman–Crippen MR) is 82.8 cm³/mol. The lowest BCUT2D eigenvalue weighted by Gasteiger charge is -2.25. The Balaban J connectivity index is 1.55. The zero-order chi connectivity index (χ0) is 13.9. The average Bonchev–Trinajstić information content (AvgIpc) is 2.69. The maximum absolute atomic E-state index is 12.3. The van der Waals surface area contributed by atoms with Crippen molar-refractivity contribution in [3.05, 3.63) is 42.0 Å². The number of Topliss-reactive ketones (excluding diaryl/α,β-unsaturated/α-hetero) is 1. The highest BCUT2D eigenvalue weighted by atomic mass is 32.2. The van der Waals surface area contributed by atoms with Crippen LogP contribution in [0.3, 0.4) is 0 Å². The van der Waals surface area contributed by atoms with Gasteiger partial charge in [0.05, 0.1) is 0 Å². The van der Waals surface area contributed by atoms with Crippen LogP contribution in [0.2, 0.25) is 0 Å². The van der Waals surface area contributed by atoms with E-state index >= 15 is 0 Å². The van der Waals surface area contributed by atoms with Gasteiger partial charge in [-0.2, -0.15) is 0 Å². The number of hydrogen-bond acceptors (Lipinski definition) is 2. The van der Waals surface area contributed by atoms with Gasteiger partial charge in [-0.3, -0.25) is 9.00 Å². The van der Waals surface area contributed by atoms with Gasteiger partial charge < -0.3 is 0 Å². The average molecular weight is 288 g/mol. The minimum Gasteiger partial charge on any atom is -0.299 e. The molecule has 2 nitrogen and oxygen atoms in total. The van der Waals surface area contributed by atoms with Gasteiger partial charge in [-0.25, -0.2) is 0 Å². The van der Waals surface area contributed by atoms with E-state index in [1.165, 1.54) is 0 Å². The fourth-order valence-corrected chi connectivity index (χ4v) is 5.46. The predicted octanol–water partition coefficient (Wildman–Crippen LogP) is 3.35. The zero-order valence-corrected chi connectivity index (χ0v) is 12.4. The van der Waals surface area contributed by atoms with Gasteiger partial charge in [0.25, 0.3) is 0 Å². The first-order valence-corrected chi connectivity index (χ1v) is 8.65. The Bertz CT molecular complexity index is 519. The van der Waals surface area contributed by atoms with Crippen molar-refractivity contribution >= 4 is 22.7 Å². The minimum atomic E-state index is -0.661. The molecule has 2 heterocycles. The smallest absolute Gasteiger partial charge is 0.139 e. The number of benzene rings is 1. The summed E-state index contributed by atoms with van der Waals surface area (Å²) in [4.78, 5) is 12.3. The second-order valence-corrected chi connectivity index (χ2v) is 7.79. The van der Waals surface area contributed by atoms with Crippen LogP contribution in [-0.2, 0) is 15.6 Å². The lowest BCUT2D eigenvalue weighted by atomic mass is 9.92. The van der Waals surface area contributed by atoms with Gasteiger partial charge in [0.1, 0.15) is 5.78 Å². The van der Waals surface area contributed by atoms with Crippen LogP contribution in [0.1, 0.15) is 37.7 Å². The van der Waals surface area contributed by atoms with E-state index in [1.54, 1.807) is 0 Å². The summed E-state index contributed by atoms with van der Waals surface area (Å²) < 4.78 is 11.9. The number of allylic oxidation sites excluding steroid dienone is 1. The van der Waals surface area contributed by atoms with Crippen molar-refractivity contribution in [2.24, 2.45) is 5.92 Å². The van der Waals surface area contributed by atoms with Crippen molar-refractivity contribution in [3.63, 3.8) is 0 Å². The second-order valence-electron chi connectivity index (χ2n) is 5.80. The molecule has 0 amide bonds. The largest absolute Gasteiger partial charge is 0.299 e. The molecule has 0 aromatic heterocycles. The molecule has 2 unspecified atom stereocenters. The normalized spacial score (nSPS) is 32.6. The van der Waals surface area contributed by atoms with Crippen LogP contribution in [0, 0.1) is 5.92 Å². The van der Waals surface area contributed by atoms with E-state index in [4.69, 9.17) is 0 Å². The first-order chi connectivity index (χ1) is 9.74. The summed E-state index contributed by atoms with van der Waals surface area (Å²) in [5, 5.41) is 0.585. The molecule has 0 saturated carbocycles. The number of carbonyl (C=O) groups is 1. The van der Waals surface area contributed by atoms with Crippen LogP contribution < -0.4 is 0 Å². The summed E-state index contributed by atoms with van der Waals surface area (Å²) in [6.45, 7) is 0. The van der Waals surface area contributed by atoms with Crippen molar-refractivity contribution in [2.45, 2.75) is 42.6 Å². The van der Waals surface area contributed by atoms with Crippen LogP contribution in [0.15, 0.2) is 36.4 Å². The Kier molecular flexibility index (Phi) is 4.16. The van der Waals surface area contributed by atoms with Crippen molar-refractivity contribution in [3.8, 4) is 0 Å². The maximum Gasteiger partial charge on any atom is 0.139 e. The molecule has 3 rings (SSSR count). The number of rotatable bonds is 4. The van der Waals surface area contributed by atoms with Crippen LogP contribution in [0.25, 0.3) is 6.08 Å². The molecule has 2 bridgehead atoms. The summed E-state index contributed by atoms with van der Waals surface area (Å²) in [5.41, 5.74) is 1.13. The van der Waals surface area contributed by atoms with Crippen molar-refractivity contribution < 1.29 is 9.00 Å². The van der Waals surface area contributed by atoms with Crippen molar-refractivity contribution in [1.82, 2.24) is 0 Å². The van der Waals surface area contributed by atoms with Gasteiger partial charge in [-0.15, -0.1) is 0 Å². The van der Waals surface area contributed by atoms with Crippen LogP contribution >= 0.6 is 0 Å². The Morgan fingerprint density at radius 2 is 1.80 bits per heavy atom. The van der Waals surface area contributed by atoms with Gasteiger partial charge in [0.15, 0.2) is 0 Å². The molecule has 0 spiro atoms. The zero-order valence-electron chi connectivity index (χ0n) is 11.5. The topological polar surface area (TPSA) is 34.1 Å². The molecule has 1 aromatic carbocycles. The molecule has 1 aromatic rings. The molecule has 2 saturated heterocycles. The van der Waals surface area contributed by atoms with E-state index in [0.29, 0.717) is 22.7 Å². The first kappa shape index (κ1) is 13.7. The molecule has 2 fully saturated rings. The lowest BCUT2D eigenvalue weighted by molar-refractivity contribution is -0.122. The minimum absolute atomic E-state index is 0.144. The van der Waals surface area contributed by atoms with E-state index in [0.717, 1.165) is 31.2 Å². The molecule has 0 radical (unpaired) electrons. The van der Waals surface area contributed by atoms with Crippen LogP contribution in [0.4, 0.5) is 0 Å². The van der Waals surface area contributed by atoms with Crippen molar-refractivity contribution in [1.29, 1.82) is 0 Å². The summed E-state index contributed by atoms with van der Waals surface area (Å²) in [6, 6.07) is 10.0. The molecule has 0 aliphatic carbocycles. The third-order valence-electron chi connectivity index (χ3n) is 4.45. The van der Waals surface area contributed by atoms with E-state index in [9.17, 15) is 9.00 Å². The number of carbonyl (C=O) groups excluding carboxylic acids is 1. The van der Waals surface area contributed by atoms with Gasteiger partial charge in [0, 0.05) is 33.6 Å². The molecule has 0 N–H and O–H groups in total. The molecule has 2 aliphatic rings. The summed E-state index contributed by atoms with van der Waals surface area (Å²) in [5.74, 6) is 0.469. The number of fused-ring (bicyclic) bond motifs is 2. The molecular weight excluding hydrogens is 268 g/mol. The standard InChI is InChI=1S/C17H20O2S/c18-17(8-4-7-13-5-2-1-3-6-13)14-11-15-9-10-16(12-14)20(15)19/h1-7,14-16H,8-12H2/b7-4+. The molecule has 20 heavy (non-hydrogen) atoms. The Morgan fingerprint density at radius 3 is 2.45 bits per heavy atom. The van der Waals surface area contributed by atoms with E-state index < -0.39 is 10.8 Å². The number of ketones is 1. The number of hydrogen-bond donors (Lipinski definition) is 0. The second kappa shape index (κ2) is 6.04. The Labute approximate surface area is 122 Å². The molecular formula is C17H20O2S. The fourth-order valence-electron chi connectivity index (χ4n) is 3.34. The summed E-state index contributed by atoms with van der Waals surface area (Å²) in [7, 11) is -0.661. The lowest BCUT2D eigenvalue weighted by Crippen LogP contribution is -2.32. The van der Waals surface area contributed by atoms with Gasteiger partial charge in [-0.1, -0.05) is 42.5 Å². The van der Waals surface area contributed by atoms with Gasteiger partial charge in [0.2, 0.25) is 0 Å². The third kappa shape index (κ3) is 2.93. The van der Waals surface area contributed by atoms with Crippen LogP contribution in [0.5, 0.6) is 0 Å². The van der Waals surface area contributed by atoms with Crippen molar-refractivity contribution in [2.75, 3.05) is 0 Å². The Hall–Kier alpha value is -1.22. The SMILES string of the molecule is O=C(C/C=C/c1ccccc1)C1CC2CCC(C1)S2=O. The highest BCUT2D eigenvalue weighted by Crippen LogP contribution is 2.39. The molecule has 2 aliphatic heterocycles. The van der Waals surface area contributed by atoms with E-state index in [2.05, 4.69) is 0 Å². The van der Waals surface area contributed by atoms with E-state index in [-0.39, 0.29) is 5.92 Å². The summed E-state index contributed by atoms with van der Waals surface area (Å²) >= 11 is 0. The Morgan fingerprint density at radius 1 is 1.15 bits per heavy atom. The maximum atomic E-state index is 12.3. The fraction of sp³-hybridized carbons (Fsp3) is 0.471.